The maximum absolute atomic E-state index is 10.6. The fraction of sp³-hybridized carbons (Fsp3) is 0.333. The van der Waals surface area contributed by atoms with Crippen molar-refractivity contribution in [3.63, 3.8) is 0 Å². The topological polar surface area (TPSA) is 55.5 Å². The molecule has 3 nitrogen and oxygen atoms in total. The van der Waals surface area contributed by atoms with E-state index in [2.05, 4.69) is 31.9 Å². The smallest absolute Gasteiger partial charge is 0.119 e. The monoisotopic (exact) mass is 433 g/mol. The van der Waals surface area contributed by atoms with Gasteiger partial charge in [-0.25, -0.2) is 0 Å². The molecule has 21 heavy (non-hydrogen) atoms. The van der Waals surface area contributed by atoms with Gasteiger partial charge in [-0.15, -0.1) is 11.3 Å². The maximum Gasteiger partial charge on any atom is 0.119 e. The van der Waals surface area contributed by atoms with Crippen LogP contribution in [0.5, 0.6) is 5.75 Å². The van der Waals surface area contributed by atoms with Crippen molar-refractivity contribution in [2.75, 3.05) is 13.2 Å². The first-order chi connectivity index (χ1) is 10.1. The Morgan fingerprint density at radius 2 is 1.95 bits per heavy atom. The Bertz CT molecular complexity index is 586. The summed E-state index contributed by atoms with van der Waals surface area (Å²) < 4.78 is 7.34. The van der Waals surface area contributed by atoms with Crippen molar-refractivity contribution in [2.45, 2.75) is 18.9 Å². The van der Waals surface area contributed by atoms with Gasteiger partial charge in [-0.1, -0.05) is 12.1 Å². The first kappa shape index (κ1) is 17.0. The van der Waals surface area contributed by atoms with E-state index in [1.807, 2.05) is 37.3 Å². The second kappa shape index (κ2) is 7.74. The molecule has 3 N–H and O–H groups in total. The van der Waals surface area contributed by atoms with E-state index < -0.39 is 6.10 Å². The third-order valence-corrected chi connectivity index (χ3v) is 5.64. The van der Waals surface area contributed by atoms with Crippen LogP contribution in [0.25, 0.3) is 0 Å². The van der Waals surface area contributed by atoms with E-state index in [9.17, 15) is 5.11 Å². The predicted molar refractivity (Wildman–Crippen MR) is 94.1 cm³/mol. The molecule has 2 rings (SSSR count). The molecule has 0 aliphatic rings. The van der Waals surface area contributed by atoms with Crippen LogP contribution in [0, 0.1) is 0 Å². The molecule has 2 unspecified atom stereocenters. The van der Waals surface area contributed by atoms with E-state index in [1.54, 1.807) is 11.3 Å². The zero-order valence-electron chi connectivity index (χ0n) is 11.6. The van der Waals surface area contributed by atoms with Gasteiger partial charge in [0, 0.05) is 18.0 Å². The molecule has 2 aromatic rings. The van der Waals surface area contributed by atoms with Crippen molar-refractivity contribution >= 4 is 43.2 Å². The highest BCUT2D eigenvalue weighted by Gasteiger charge is 2.24. The molecule has 1 aromatic carbocycles. The van der Waals surface area contributed by atoms with Crippen molar-refractivity contribution < 1.29 is 9.84 Å². The largest absolute Gasteiger partial charge is 0.494 e. The maximum atomic E-state index is 10.6. The molecule has 0 spiro atoms. The minimum absolute atomic E-state index is 0.154. The van der Waals surface area contributed by atoms with E-state index in [4.69, 9.17) is 10.5 Å². The zero-order valence-corrected chi connectivity index (χ0v) is 15.5. The van der Waals surface area contributed by atoms with E-state index in [0.29, 0.717) is 13.2 Å². The van der Waals surface area contributed by atoms with E-state index >= 15 is 0 Å². The quantitative estimate of drug-likeness (QED) is 0.706. The van der Waals surface area contributed by atoms with Gasteiger partial charge >= 0.3 is 0 Å². The number of aliphatic hydroxyl groups is 1. The van der Waals surface area contributed by atoms with Gasteiger partial charge in [0.15, 0.2) is 0 Å². The number of benzene rings is 1. The molecular formula is C15H17Br2NO2S. The number of thiophene rings is 1. The van der Waals surface area contributed by atoms with Crippen LogP contribution in [0.2, 0.25) is 0 Å². The summed E-state index contributed by atoms with van der Waals surface area (Å²) in [6.45, 7) is 2.96. The fourth-order valence-corrected chi connectivity index (χ4v) is 5.11. The van der Waals surface area contributed by atoms with Crippen molar-refractivity contribution in [2.24, 2.45) is 5.73 Å². The highest BCUT2D eigenvalue weighted by molar-refractivity contribution is 9.12. The molecule has 0 aliphatic heterocycles. The number of hydrogen-bond donors (Lipinski definition) is 2. The first-order valence-electron chi connectivity index (χ1n) is 6.62. The lowest BCUT2D eigenvalue weighted by Crippen LogP contribution is -2.20. The molecule has 0 saturated carbocycles. The van der Waals surface area contributed by atoms with E-state index in [0.717, 1.165) is 24.4 Å². The Hall–Kier alpha value is -0.400. The van der Waals surface area contributed by atoms with Gasteiger partial charge in [-0.2, -0.15) is 0 Å². The standard InChI is InChI=1S/C15H17Br2NO2S/c1-2-20-10-5-3-9(4-6-10)12(8-18)14(19)11-7-13(16)21-15(11)17/h3-7,12,14,19H,2,8,18H2,1H3. The SMILES string of the molecule is CCOc1ccc(C(CN)C(O)c2cc(Br)sc2Br)cc1. The lowest BCUT2D eigenvalue weighted by Gasteiger charge is -2.22. The third kappa shape index (κ3) is 4.07. The number of rotatable bonds is 6. The minimum atomic E-state index is -0.648. The van der Waals surface area contributed by atoms with E-state index in [-0.39, 0.29) is 5.92 Å². The zero-order chi connectivity index (χ0) is 15.4. The Balaban J connectivity index is 2.24. The van der Waals surface area contributed by atoms with Gasteiger partial charge in [0.2, 0.25) is 0 Å². The van der Waals surface area contributed by atoms with Gasteiger partial charge in [0.1, 0.15) is 5.75 Å². The van der Waals surface area contributed by atoms with Crippen LogP contribution < -0.4 is 10.5 Å². The van der Waals surface area contributed by atoms with Gasteiger partial charge in [0.25, 0.3) is 0 Å². The summed E-state index contributed by atoms with van der Waals surface area (Å²) in [5, 5.41) is 10.6. The van der Waals surface area contributed by atoms with E-state index in [1.165, 1.54) is 0 Å². The summed E-state index contributed by atoms with van der Waals surface area (Å²) in [6.07, 6.45) is -0.648. The molecule has 0 radical (unpaired) electrons. The van der Waals surface area contributed by atoms with Gasteiger partial charge in [-0.3, -0.25) is 0 Å². The number of aliphatic hydroxyl groups excluding tert-OH is 1. The molecular weight excluding hydrogens is 418 g/mol. The second-order valence-electron chi connectivity index (χ2n) is 4.57. The molecule has 0 bridgehead atoms. The Morgan fingerprint density at radius 3 is 2.43 bits per heavy atom. The lowest BCUT2D eigenvalue weighted by molar-refractivity contribution is 0.147. The summed E-state index contributed by atoms with van der Waals surface area (Å²) in [5.41, 5.74) is 7.74. The second-order valence-corrected chi connectivity index (χ2v) is 8.32. The molecule has 1 heterocycles. The summed E-state index contributed by atoms with van der Waals surface area (Å²) in [7, 11) is 0. The van der Waals surface area contributed by atoms with Crippen LogP contribution >= 0.6 is 43.2 Å². The first-order valence-corrected chi connectivity index (χ1v) is 9.02. The highest BCUT2D eigenvalue weighted by atomic mass is 79.9. The van der Waals surface area contributed by atoms with Crippen molar-refractivity contribution in [3.8, 4) is 5.75 Å². The average molecular weight is 435 g/mol. The van der Waals surface area contributed by atoms with Crippen LogP contribution in [0.4, 0.5) is 0 Å². The third-order valence-electron chi connectivity index (χ3n) is 3.26. The van der Waals surface area contributed by atoms with Crippen LogP contribution in [0.3, 0.4) is 0 Å². The molecule has 1 aromatic heterocycles. The average Bonchev–Trinajstić information content (AvgIpc) is 2.80. The Kier molecular flexibility index (Phi) is 6.25. The van der Waals surface area contributed by atoms with Crippen molar-refractivity contribution in [3.05, 3.63) is 49.0 Å². The van der Waals surface area contributed by atoms with Crippen LogP contribution in [0.1, 0.15) is 30.1 Å². The lowest BCUT2D eigenvalue weighted by atomic mass is 9.90. The molecule has 0 fully saturated rings. The Labute approximate surface area is 145 Å². The molecule has 0 amide bonds. The molecule has 0 aliphatic carbocycles. The van der Waals surface area contributed by atoms with Crippen LogP contribution in [-0.2, 0) is 0 Å². The molecule has 2 atom stereocenters. The van der Waals surface area contributed by atoms with Gasteiger partial charge < -0.3 is 15.6 Å². The van der Waals surface area contributed by atoms with Gasteiger partial charge in [0.05, 0.1) is 20.3 Å². The molecule has 114 valence electrons. The number of halogens is 2. The Morgan fingerprint density at radius 1 is 1.29 bits per heavy atom. The summed E-state index contributed by atoms with van der Waals surface area (Å²) in [4.78, 5) is 0. The van der Waals surface area contributed by atoms with Crippen LogP contribution in [-0.4, -0.2) is 18.3 Å². The fourth-order valence-electron chi connectivity index (χ4n) is 2.20. The molecule has 6 heteroatoms. The van der Waals surface area contributed by atoms with Crippen molar-refractivity contribution in [1.82, 2.24) is 0 Å². The molecule has 0 saturated heterocycles. The van der Waals surface area contributed by atoms with Gasteiger partial charge in [-0.05, 0) is 62.5 Å². The normalized spacial score (nSPS) is 14.0. The number of nitrogens with two attached hydrogens (primary N) is 1. The predicted octanol–water partition coefficient (Wildman–Crippen LogP) is 4.45. The number of ether oxygens (including phenoxy) is 1. The summed E-state index contributed by atoms with van der Waals surface area (Å²) in [6, 6.07) is 9.67. The summed E-state index contributed by atoms with van der Waals surface area (Å²) in [5.74, 6) is 0.671. The van der Waals surface area contributed by atoms with Crippen molar-refractivity contribution in [1.29, 1.82) is 0 Å². The van der Waals surface area contributed by atoms with Crippen LogP contribution in [0.15, 0.2) is 37.9 Å². The number of hydrogen-bond acceptors (Lipinski definition) is 4. The minimum Gasteiger partial charge on any atom is -0.494 e. The summed E-state index contributed by atoms with van der Waals surface area (Å²) >= 11 is 8.46. The highest BCUT2D eigenvalue weighted by Crippen LogP contribution is 2.40.